The molecule has 2 aromatic heterocycles. The Hall–Kier alpha value is -3.12. The summed E-state index contributed by atoms with van der Waals surface area (Å²) < 4.78 is 32.0. The maximum atomic E-state index is 13.4. The number of hydrogen-bond donors (Lipinski definition) is 2. The molecule has 0 bridgehead atoms. The van der Waals surface area contributed by atoms with Crippen LogP contribution in [0, 0.1) is 12.8 Å². The van der Waals surface area contributed by atoms with Crippen LogP contribution in [0.2, 0.25) is 0 Å². The van der Waals surface area contributed by atoms with Gasteiger partial charge in [-0.1, -0.05) is 43.3 Å². The minimum absolute atomic E-state index is 0.0832. The molecule has 1 saturated carbocycles. The monoisotopic (exact) mass is 531 g/mol. The van der Waals surface area contributed by atoms with Crippen molar-refractivity contribution in [1.82, 2.24) is 25.1 Å². The minimum atomic E-state index is -3.93. The Kier molecular flexibility index (Phi) is 8.70. The third-order valence-corrected chi connectivity index (χ3v) is 8.72. The average Bonchev–Trinajstić information content (AvgIpc) is 3.25. The Bertz CT molecular complexity index is 1210. The first kappa shape index (κ1) is 26.9. The molecule has 0 spiro atoms. The van der Waals surface area contributed by atoms with Crippen LogP contribution >= 0.6 is 0 Å². The highest BCUT2D eigenvalue weighted by Crippen LogP contribution is 2.28. The molecule has 2 amide bonds. The summed E-state index contributed by atoms with van der Waals surface area (Å²) in [6.07, 6.45) is 7.80. The number of aromatic nitrogens is 2. The lowest BCUT2D eigenvalue weighted by atomic mass is 9.84. The van der Waals surface area contributed by atoms with Crippen LogP contribution in [-0.2, 0) is 19.6 Å². The van der Waals surface area contributed by atoms with Gasteiger partial charge in [-0.05, 0) is 44.2 Å². The van der Waals surface area contributed by atoms with Crippen LogP contribution in [0.25, 0.3) is 0 Å². The van der Waals surface area contributed by atoms with Gasteiger partial charge in [0, 0.05) is 18.8 Å². The van der Waals surface area contributed by atoms with Crippen molar-refractivity contribution >= 4 is 27.6 Å². The van der Waals surface area contributed by atoms with Gasteiger partial charge in [0.05, 0.1) is 12.6 Å². The van der Waals surface area contributed by atoms with Crippen LogP contribution in [0.15, 0.2) is 40.0 Å². The van der Waals surface area contributed by atoms with Gasteiger partial charge in [0.2, 0.25) is 5.91 Å². The molecule has 1 saturated heterocycles. The topological polar surface area (TPSA) is 152 Å². The maximum absolute atomic E-state index is 13.4. The van der Waals surface area contributed by atoms with Gasteiger partial charge in [0.15, 0.2) is 16.5 Å². The standard InChI is InChI=1S/C25H33N5O6S/c1-17-14-21(29-36-17)25(33)28-20(15-18-8-3-2-4-9-18)24(32)27-19-10-7-13-30(16-22(19)31)37(34,35)23-11-5-6-12-26-23/h5-6,11-12,14,18-20H,2-4,7-10,13,15-16H2,1H3,(H,27,32)(H,28,33)/t19-,20-/m0/s1. The molecule has 2 N–H and O–H groups in total. The summed E-state index contributed by atoms with van der Waals surface area (Å²) in [5, 5.41) is 9.17. The predicted octanol–water partition coefficient (Wildman–Crippen LogP) is 1.99. The molecule has 200 valence electrons. The summed E-state index contributed by atoms with van der Waals surface area (Å²) in [6, 6.07) is 4.37. The lowest BCUT2D eigenvalue weighted by Gasteiger charge is -2.27. The molecule has 2 aliphatic rings. The van der Waals surface area contributed by atoms with Crippen molar-refractivity contribution in [3.8, 4) is 0 Å². The predicted molar refractivity (Wildman–Crippen MR) is 133 cm³/mol. The zero-order valence-electron chi connectivity index (χ0n) is 20.9. The molecule has 12 heteroatoms. The van der Waals surface area contributed by atoms with Crippen molar-refractivity contribution in [2.24, 2.45) is 5.92 Å². The van der Waals surface area contributed by atoms with Crippen LogP contribution < -0.4 is 10.6 Å². The highest BCUT2D eigenvalue weighted by molar-refractivity contribution is 7.89. The third-order valence-electron chi connectivity index (χ3n) is 6.96. The van der Waals surface area contributed by atoms with E-state index in [0.29, 0.717) is 25.0 Å². The Labute approximate surface area is 216 Å². The number of hydrogen-bond acceptors (Lipinski definition) is 8. The minimum Gasteiger partial charge on any atom is -0.361 e. The van der Waals surface area contributed by atoms with E-state index in [0.717, 1.165) is 36.4 Å². The third kappa shape index (κ3) is 6.80. The SMILES string of the molecule is Cc1cc(C(=O)N[C@@H](CC2CCCCC2)C(=O)N[C@H]2CCCN(S(=O)(=O)c3ccccn3)CC2=O)no1. The molecule has 1 aliphatic carbocycles. The first-order chi connectivity index (χ1) is 17.7. The van der Waals surface area contributed by atoms with Gasteiger partial charge < -0.3 is 15.2 Å². The van der Waals surface area contributed by atoms with Crippen LogP contribution in [-0.4, -0.2) is 65.6 Å². The van der Waals surface area contributed by atoms with Crippen LogP contribution in [0.1, 0.15) is 67.6 Å². The van der Waals surface area contributed by atoms with Crippen molar-refractivity contribution in [3.05, 3.63) is 41.9 Å². The van der Waals surface area contributed by atoms with E-state index in [1.807, 2.05) is 0 Å². The summed E-state index contributed by atoms with van der Waals surface area (Å²) >= 11 is 0. The summed E-state index contributed by atoms with van der Waals surface area (Å²) in [7, 11) is -3.93. The molecule has 2 atom stereocenters. The second kappa shape index (κ2) is 12.0. The number of Topliss-reactive ketones (excluding diaryl/α,β-unsaturated/α-hetero) is 1. The first-order valence-electron chi connectivity index (χ1n) is 12.7. The smallest absolute Gasteiger partial charge is 0.274 e. The molecule has 0 unspecified atom stereocenters. The number of carbonyl (C=O) groups is 3. The molecule has 0 aromatic carbocycles. The van der Waals surface area contributed by atoms with E-state index in [1.54, 1.807) is 19.1 Å². The largest absolute Gasteiger partial charge is 0.361 e. The van der Waals surface area contributed by atoms with Gasteiger partial charge in [-0.3, -0.25) is 14.4 Å². The number of carbonyl (C=O) groups excluding carboxylic acids is 3. The summed E-state index contributed by atoms with van der Waals surface area (Å²) in [4.78, 5) is 43.1. The number of sulfonamides is 1. The summed E-state index contributed by atoms with van der Waals surface area (Å²) in [5.74, 6) is -0.619. The number of nitrogens with one attached hydrogen (secondary N) is 2. The highest BCUT2D eigenvalue weighted by atomic mass is 32.2. The Morgan fingerprint density at radius 1 is 1.16 bits per heavy atom. The Morgan fingerprint density at radius 3 is 2.62 bits per heavy atom. The first-order valence-corrected chi connectivity index (χ1v) is 14.2. The van der Waals surface area contributed by atoms with Crippen molar-refractivity contribution in [2.75, 3.05) is 13.1 Å². The fourth-order valence-electron chi connectivity index (χ4n) is 4.95. The second-order valence-corrected chi connectivity index (χ2v) is 11.6. The van der Waals surface area contributed by atoms with Crippen LogP contribution in [0.4, 0.5) is 0 Å². The molecule has 11 nitrogen and oxygen atoms in total. The van der Waals surface area contributed by atoms with E-state index in [4.69, 9.17) is 4.52 Å². The van der Waals surface area contributed by atoms with Gasteiger partial charge in [-0.15, -0.1) is 0 Å². The van der Waals surface area contributed by atoms with Gasteiger partial charge in [-0.25, -0.2) is 13.4 Å². The Balaban J connectivity index is 1.44. The van der Waals surface area contributed by atoms with E-state index in [9.17, 15) is 22.8 Å². The summed E-state index contributed by atoms with van der Waals surface area (Å²) in [6.45, 7) is 1.46. The molecule has 37 heavy (non-hydrogen) atoms. The number of amides is 2. The number of pyridine rings is 1. The van der Waals surface area contributed by atoms with Crippen molar-refractivity contribution < 1.29 is 27.3 Å². The van der Waals surface area contributed by atoms with Crippen molar-refractivity contribution in [1.29, 1.82) is 0 Å². The molecule has 2 aromatic rings. The number of aryl methyl sites for hydroxylation is 1. The zero-order chi connectivity index (χ0) is 26.4. The number of rotatable bonds is 8. The van der Waals surface area contributed by atoms with Gasteiger partial charge in [0.1, 0.15) is 11.8 Å². The van der Waals surface area contributed by atoms with E-state index < -0.39 is 39.7 Å². The normalized spacial score (nSPS) is 20.7. The van der Waals surface area contributed by atoms with Crippen molar-refractivity contribution in [3.63, 3.8) is 0 Å². The number of nitrogens with zero attached hydrogens (tertiary/aromatic N) is 3. The van der Waals surface area contributed by atoms with Crippen LogP contribution in [0.5, 0.6) is 0 Å². The lowest BCUT2D eigenvalue weighted by Crippen LogP contribution is -2.53. The van der Waals surface area contributed by atoms with Crippen molar-refractivity contribution in [2.45, 2.75) is 75.4 Å². The highest BCUT2D eigenvalue weighted by Gasteiger charge is 2.35. The molecule has 0 radical (unpaired) electrons. The van der Waals surface area contributed by atoms with E-state index in [-0.39, 0.29) is 29.7 Å². The van der Waals surface area contributed by atoms with Gasteiger partial charge in [0.25, 0.3) is 15.9 Å². The molecular weight excluding hydrogens is 498 g/mol. The van der Waals surface area contributed by atoms with E-state index >= 15 is 0 Å². The fourth-order valence-corrected chi connectivity index (χ4v) is 6.33. The molecular formula is C25H33N5O6S. The molecule has 3 heterocycles. The van der Waals surface area contributed by atoms with Crippen LogP contribution in [0.3, 0.4) is 0 Å². The second-order valence-electron chi connectivity index (χ2n) is 9.76. The number of ketones is 1. The molecule has 4 rings (SSSR count). The fraction of sp³-hybridized carbons (Fsp3) is 0.560. The van der Waals surface area contributed by atoms with E-state index in [2.05, 4.69) is 20.8 Å². The average molecular weight is 532 g/mol. The Morgan fingerprint density at radius 2 is 1.95 bits per heavy atom. The quantitative estimate of drug-likeness (QED) is 0.525. The van der Waals surface area contributed by atoms with Gasteiger partial charge in [-0.2, -0.15) is 4.31 Å². The molecule has 1 aliphatic heterocycles. The zero-order valence-corrected chi connectivity index (χ0v) is 21.7. The van der Waals surface area contributed by atoms with Gasteiger partial charge >= 0.3 is 0 Å². The van der Waals surface area contributed by atoms with E-state index in [1.165, 1.54) is 18.3 Å². The molecule has 2 fully saturated rings. The summed E-state index contributed by atoms with van der Waals surface area (Å²) in [5.41, 5.74) is 0.0832. The maximum Gasteiger partial charge on any atom is 0.274 e. The lowest BCUT2D eigenvalue weighted by molar-refractivity contribution is -0.129.